The van der Waals surface area contributed by atoms with E-state index in [1.807, 2.05) is 6.07 Å². The topological polar surface area (TPSA) is 91.8 Å². The van der Waals surface area contributed by atoms with E-state index in [9.17, 15) is 9.59 Å². The summed E-state index contributed by atoms with van der Waals surface area (Å²) in [5, 5.41) is 8.11. The van der Waals surface area contributed by atoms with Gasteiger partial charge in [0.1, 0.15) is 0 Å². The lowest BCUT2D eigenvalue weighted by Gasteiger charge is -2.13. The average molecular weight is 376 g/mol. The fourth-order valence-corrected chi connectivity index (χ4v) is 3.37. The Hall–Kier alpha value is -3.58. The zero-order valence-corrected chi connectivity index (χ0v) is 14.4. The van der Waals surface area contributed by atoms with Crippen molar-refractivity contribution in [3.05, 3.63) is 71.1 Å². The van der Waals surface area contributed by atoms with Gasteiger partial charge in [0.05, 0.1) is 27.9 Å². The maximum absolute atomic E-state index is 13.2. The molecule has 7 nitrogen and oxygen atoms in total. The molecule has 3 aromatic heterocycles. The second kappa shape index (κ2) is 5.72. The molecule has 0 fully saturated rings. The van der Waals surface area contributed by atoms with Crippen LogP contribution in [0.5, 0.6) is 0 Å². The molecule has 1 N–H and O–H groups in total. The summed E-state index contributed by atoms with van der Waals surface area (Å²) < 4.78 is 0. The highest BCUT2D eigenvalue weighted by atomic mass is 35.5. The van der Waals surface area contributed by atoms with E-state index in [1.54, 1.807) is 42.7 Å². The number of carbonyl (C=O) groups excluding carboxylic acids is 2. The first kappa shape index (κ1) is 15.7. The summed E-state index contributed by atoms with van der Waals surface area (Å²) >= 11 is 5.92. The predicted octanol–water partition coefficient (Wildman–Crippen LogP) is 3.47. The van der Waals surface area contributed by atoms with Crippen LogP contribution in [0, 0.1) is 0 Å². The van der Waals surface area contributed by atoms with Crippen LogP contribution in [0.15, 0.2) is 55.0 Å². The molecule has 2 amide bonds. The Morgan fingerprint density at radius 1 is 1.00 bits per heavy atom. The Kier molecular flexibility index (Phi) is 3.32. The fraction of sp³-hybridized carbons (Fsp3) is 0. The van der Waals surface area contributed by atoms with Crippen molar-refractivity contribution >= 4 is 40.1 Å². The molecule has 0 saturated heterocycles. The van der Waals surface area contributed by atoms with Gasteiger partial charge in [0, 0.05) is 29.2 Å². The van der Waals surface area contributed by atoms with Gasteiger partial charge in [-0.05, 0) is 36.4 Å². The van der Waals surface area contributed by atoms with Crippen LogP contribution in [0.2, 0.25) is 5.02 Å². The van der Waals surface area contributed by atoms with Gasteiger partial charge < -0.3 is 0 Å². The molecule has 8 heteroatoms. The average Bonchev–Trinajstić information content (AvgIpc) is 3.23. The van der Waals surface area contributed by atoms with Gasteiger partial charge in [0.15, 0.2) is 5.65 Å². The molecule has 27 heavy (non-hydrogen) atoms. The number of aromatic amines is 1. The molecular formula is C19H10ClN5O2. The fourth-order valence-electron chi connectivity index (χ4n) is 3.24. The number of pyridine rings is 2. The van der Waals surface area contributed by atoms with Crippen LogP contribution in [0.3, 0.4) is 0 Å². The number of carbonyl (C=O) groups is 2. The summed E-state index contributed by atoms with van der Waals surface area (Å²) in [5.74, 6) is -0.846. The van der Waals surface area contributed by atoms with Crippen LogP contribution in [0.1, 0.15) is 20.7 Å². The molecule has 0 aliphatic carbocycles. The molecule has 0 radical (unpaired) electrons. The second-order valence-electron chi connectivity index (χ2n) is 6.01. The van der Waals surface area contributed by atoms with Gasteiger partial charge in [-0.1, -0.05) is 11.6 Å². The minimum absolute atomic E-state index is 0.244. The first-order chi connectivity index (χ1) is 13.1. The summed E-state index contributed by atoms with van der Waals surface area (Å²) in [6.45, 7) is 0. The van der Waals surface area contributed by atoms with E-state index < -0.39 is 11.8 Å². The van der Waals surface area contributed by atoms with E-state index in [0.29, 0.717) is 27.4 Å². The standard InChI is InChI=1S/C19H10ClN5O2/c20-11-3-5-12(6-4-11)25-18(26)13-9-22-17-15(14(13)19(25)27)16(23-24-17)10-2-1-7-21-8-10/h1-9H,(H,22,23,24). The molecule has 1 aliphatic heterocycles. The number of H-pyrrole nitrogens is 1. The number of fused-ring (bicyclic) bond motifs is 3. The van der Waals surface area contributed by atoms with Crippen LogP contribution in [0.25, 0.3) is 22.3 Å². The maximum atomic E-state index is 13.2. The summed E-state index contributed by atoms with van der Waals surface area (Å²) in [7, 11) is 0. The normalized spacial score (nSPS) is 13.4. The number of rotatable bonds is 2. The van der Waals surface area contributed by atoms with Gasteiger partial charge in [-0.15, -0.1) is 0 Å². The number of imide groups is 1. The minimum Gasteiger partial charge on any atom is -0.275 e. The lowest BCUT2D eigenvalue weighted by atomic mass is 10.0. The van der Waals surface area contributed by atoms with E-state index in [2.05, 4.69) is 20.2 Å². The van der Waals surface area contributed by atoms with Gasteiger partial charge in [-0.3, -0.25) is 19.7 Å². The largest absolute Gasteiger partial charge is 0.275 e. The van der Waals surface area contributed by atoms with Crippen molar-refractivity contribution in [2.45, 2.75) is 0 Å². The maximum Gasteiger partial charge on any atom is 0.267 e. The smallest absolute Gasteiger partial charge is 0.267 e. The summed E-state index contributed by atoms with van der Waals surface area (Å²) in [5.41, 5.74) is 2.69. The zero-order valence-electron chi connectivity index (χ0n) is 13.7. The zero-order chi connectivity index (χ0) is 18.5. The number of amides is 2. The molecule has 0 atom stereocenters. The third kappa shape index (κ3) is 2.25. The number of aromatic nitrogens is 4. The van der Waals surface area contributed by atoms with E-state index in [1.165, 1.54) is 6.20 Å². The highest BCUT2D eigenvalue weighted by molar-refractivity contribution is 6.38. The Labute approximate surface area is 157 Å². The van der Waals surface area contributed by atoms with Crippen LogP contribution in [-0.2, 0) is 0 Å². The molecule has 5 rings (SSSR count). The van der Waals surface area contributed by atoms with Crippen molar-refractivity contribution in [3.8, 4) is 11.3 Å². The Bertz CT molecular complexity index is 1220. The SMILES string of the molecule is O=C1c2cnc3n[nH]c(-c4cccnc4)c3c2C(=O)N1c1ccc(Cl)cc1. The number of hydrogen-bond donors (Lipinski definition) is 1. The van der Waals surface area contributed by atoms with Crippen molar-refractivity contribution in [1.82, 2.24) is 20.2 Å². The highest BCUT2D eigenvalue weighted by Gasteiger charge is 2.39. The van der Waals surface area contributed by atoms with Crippen LogP contribution in [0.4, 0.5) is 5.69 Å². The molecular weight excluding hydrogens is 366 g/mol. The summed E-state index contributed by atoms with van der Waals surface area (Å²) in [4.78, 5) is 35.5. The Balaban J connectivity index is 1.74. The van der Waals surface area contributed by atoms with Crippen molar-refractivity contribution < 1.29 is 9.59 Å². The molecule has 0 unspecified atom stereocenters. The quantitative estimate of drug-likeness (QED) is 0.541. The van der Waals surface area contributed by atoms with Crippen molar-refractivity contribution in [3.63, 3.8) is 0 Å². The number of halogens is 1. The summed E-state index contributed by atoms with van der Waals surface area (Å²) in [6.07, 6.45) is 4.70. The molecule has 4 aromatic rings. The molecule has 0 spiro atoms. The molecule has 4 heterocycles. The van der Waals surface area contributed by atoms with E-state index >= 15 is 0 Å². The van der Waals surface area contributed by atoms with Crippen LogP contribution in [-0.4, -0.2) is 32.0 Å². The Morgan fingerprint density at radius 2 is 1.81 bits per heavy atom. The highest BCUT2D eigenvalue weighted by Crippen LogP contribution is 2.36. The number of hydrogen-bond acceptors (Lipinski definition) is 5. The molecule has 1 aliphatic rings. The van der Waals surface area contributed by atoms with Crippen LogP contribution < -0.4 is 4.90 Å². The summed E-state index contributed by atoms with van der Waals surface area (Å²) in [6, 6.07) is 10.2. The van der Waals surface area contributed by atoms with Gasteiger partial charge >= 0.3 is 0 Å². The van der Waals surface area contributed by atoms with Crippen molar-refractivity contribution in [2.75, 3.05) is 4.90 Å². The molecule has 1 aromatic carbocycles. The predicted molar refractivity (Wildman–Crippen MR) is 99.7 cm³/mol. The third-order valence-electron chi connectivity index (χ3n) is 4.47. The van der Waals surface area contributed by atoms with E-state index in [-0.39, 0.29) is 11.1 Å². The first-order valence-corrected chi connectivity index (χ1v) is 8.45. The number of benzene rings is 1. The van der Waals surface area contributed by atoms with Gasteiger partial charge in [0.2, 0.25) is 0 Å². The lowest BCUT2D eigenvalue weighted by Crippen LogP contribution is -2.29. The number of anilines is 1. The first-order valence-electron chi connectivity index (χ1n) is 8.07. The second-order valence-corrected chi connectivity index (χ2v) is 6.44. The van der Waals surface area contributed by atoms with Gasteiger partial charge in [-0.2, -0.15) is 5.10 Å². The van der Waals surface area contributed by atoms with Crippen molar-refractivity contribution in [1.29, 1.82) is 0 Å². The Morgan fingerprint density at radius 3 is 2.56 bits per heavy atom. The van der Waals surface area contributed by atoms with Gasteiger partial charge in [-0.25, -0.2) is 9.88 Å². The lowest BCUT2D eigenvalue weighted by molar-refractivity contribution is 0.0926. The van der Waals surface area contributed by atoms with Gasteiger partial charge in [0.25, 0.3) is 11.8 Å². The molecule has 0 saturated carbocycles. The van der Waals surface area contributed by atoms with Crippen molar-refractivity contribution in [2.24, 2.45) is 0 Å². The van der Waals surface area contributed by atoms with E-state index in [4.69, 9.17) is 11.6 Å². The van der Waals surface area contributed by atoms with Crippen LogP contribution >= 0.6 is 11.6 Å². The molecule has 0 bridgehead atoms. The number of nitrogens with zero attached hydrogens (tertiary/aromatic N) is 4. The van der Waals surface area contributed by atoms with E-state index in [0.717, 1.165) is 10.5 Å². The number of nitrogens with one attached hydrogen (secondary N) is 1. The third-order valence-corrected chi connectivity index (χ3v) is 4.72. The molecule has 130 valence electrons. The minimum atomic E-state index is -0.426. The monoisotopic (exact) mass is 375 g/mol.